The molecular weight excluding hydrogens is 462 g/mol. The third-order valence-corrected chi connectivity index (χ3v) is 4.28. The molecule has 0 bridgehead atoms. The molecule has 0 atom stereocenters. The maximum absolute atomic E-state index is 12.2. The lowest BCUT2D eigenvalue weighted by molar-refractivity contribution is -0.384. The highest BCUT2D eigenvalue weighted by Gasteiger charge is 2.24. The van der Waals surface area contributed by atoms with Crippen LogP contribution in [0.3, 0.4) is 0 Å². The molecule has 3 N–H and O–H groups in total. The fraction of sp³-hybridized carbons (Fsp3) is 0. The van der Waals surface area contributed by atoms with E-state index in [1.807, 2.05) is 0 Å². The third kappa shape index (κ3) is 4.82. The Morgan fingerprint density at radius 3 is 2.13 bits per heavy atom. The van der Waals surface area contributed by atoms with Gasteiger partial charge in [-0.2, -0.15) is 0 Å². The Hall–Kier alpha value is -4.13. The second-order valence-corrected chi connectivity index (χ2v) is 6.61. The van der Waals surface area contributed by atoms with E-state index in [1.54, 1.807) is 24.3 Å². The smallest absolute Gasteiger partial charge is 0.334 e. The molecule has 3 rings (SSSR count). The van der Waals surface area contributed by atoms with Crippen LogP contribution in [0.4, 0.5) is 28.7 Å². The lowest BCUT2D eigenvalue weighted by Gasteiger charge is -2.11. The summed E-state index contributed by atoms with van der Waals surface area (Å²) in [4.78, 5) is 40.9. The number of benzene rings is 2. The predicted molar refractivity (Wildman–Crippen MR) is 110 cm³/mol. The molecule has 12 nitrogen and oxygen atoms in total. The molecule has 0 spiro atoms. The molecular formula is C17H12BrN7O5. The van der Waals surface area contributed by atoms with Gasteiger partial charge in [-0.15, -0.1) is 0 Å². The Balaban J connectivity index is 1.78. The van der Waals surface area contributed by atoms with E-state index in [2.05, 4.69) is 42.1 Å². The first-order chi connectivity index (χ1) is 14.3. The number of nitro benzene ring substituents is 1. The normalized spacial score (nSPS) is 10.2. The van der Waals surface area contributed by atoms with Gasteiger partial charge < -0.3 is 5.32 Å². The topological polar surface area (TPSA) is 165 Å². The minimum atomic E-state index is -0.693. The van der Waals surface area contributed by atoms with E-state index < -0.39 is 21.4 Å². The van der Waals surface area contributed by atoms with Crippen molar-refractivity contribution in [1.82, 2.24) is 15.4 Å². The fourth-order valence-corrected chi connectivity index (χ4v) is 2.59. The van der Waals surface area contributed by atoms with Crippen LogP contribution >= 0.6 is 15.9 Å². The Labute approximate surface area is 176 Å². The van der Waals surface area contributed by atoms with E-state index in [-0.39, 0.29) is 22.9 Å². The molecule has 30 heavy (non-hydrogen) atoms. The first-order valence-electron chi connectivity index (χ1n) is 8.18. The maximum atomic E-state index is 12.2. The van der Waals surface area contributed by atoms with Gasteiger partial charge in [0.2, 0.25) is 11.6 Å². The number of aromatic nitrogens is 2. The zero-order chi connectivity index (χ0) is 21.7. The maximum Gasteiger partial charge on any atom is 0.355 e. The first-order valence-corrected chi connectivity index (χ1v) is 8.97. The van der Waals surface area contributed by atoms with E-state index in [0.29, 0.717) is 5.69 Å². The van der Waals surface area contributed by atoms with Crippen molar-refractivity contribution in [2.75, 3.05) is 10.7 Å². The van der Waals surface area contributed by atoms with Gasteiger partial charge in [0.15, 0.2) is 0 Å². The zero-order valence-corrected chi connectivity index (χ0v) is 16.5. The average Bonchev–Trinajstić information content (AvgIpc) is 2.73. The Kier molecular flexibility index (Phi) is 6.12. The summed E-state index contributed by atoms with van der Waals surface area (Å²) in [7, 11) is 0. The molecule has 0 fully saturated rings. The lowest BCUT2D eigenvalue weighted by atomic mass is 10.2. The van der Waals surface area contributed by atoms with Gasteiger partial charge in [0, 0.05) is 27.9 Å². The minimum Gasteiger partial charge on any atom is -0.334 e. The number of carbonyl (C=O) groups excluding carboxylic acids is 1. The molecule has 13 heteroatoms. The Bertz CT molecular complexity index is 1110. The number of nitrogens with zero attached hydrogens (tertiary/aromatic N) is 4. The van der Waals surface area contributed by atoms with E-state index in [4.69, 9.17) is 0 Å². The Morgan fingerprint density at radius 2 is 1.53 bits per heavy atom. The number of carbonyl (C=O) groups is 1. The third-order valence-electron chi connectivity index (χ3n) is 3.75. The molecule has 2 aromatic carbocycles. The number of non-ortho nitro benzene ring substituents is 1. The van der Waals surface area contributed by atoms with E-state index in [0.717, 1.165) is 10.8 Å². The van der Waals surface area contributed by atoms with Crippen LogP contribution in [0.1, 0.15) is 10.4 Å². The number of rotatable bonds is 7. The highest BCUT2D eigenvalue weighted by Crippen LogP contribution is 2.31. The van der Waals surface area contributed by atoms with Gasteiger partial charge in [-0.1, -0.05) is 15.9 Å². The van der Waals surface area contributed by atoms with Crippen molar-refractivity contribution < 1.29 is 14.6 Å². The second-order valence-electron chi connectivity index (χ2n) is 5.69. The molecule has 0 unspecified atom stereocenters. The number of hydrazine groups is 1. The highest BCUT2D eigenvalue weighted by molar-refractivity contribution is 9.10. The van der Waals surface area contributed by atoms with Crippen LogP contribution in [0, 0.1) is 20.2 Å². The van der Waals surface area contributed by atoms with E-state index in [1.165, 1.54) is 24.3 Å². The molecule has 152 valence electrons. The minimum absolute atomic E-state index is 0.0793. The van der Waals surface area contributed by atoms with Gasteiger partial charge in [0.25, 0.3) is 11.6 Å². The lowest BCUT2D eigenvalue weighted by Crippen LogP contribution is -2.30. The summed E-state index contributed by atoms with van der Waals surface area (Å²) in [6.07, 6.45) is 1.09. The summed E-state index contributed by atoms with van der Waals surface area (Å²) in [5.41, 5.74) is 4.67. The van der Waals surface area contributed by atoms with Crippen LogP contribution < -0.4 is 16.2 Å². The van der Waals surface area contributed by atoms with E-state index in [9.17, 15) is 25.0 Å². The van der Waals surface area contributed by atoms with Crippen LogP contribution in [-0.2, 0) is 0 Å². The molecule has 3 aromatic rings. The van der Waals surface area contributed by atoms with Crippen molar-refractivity contribution >= 4 is 50.5 Å². The van der Waals surface area contributed by atoms with Gasteiger partial charge in [-0.3, -0.25) is 35.9 Å². The summed E-state index contributed by atoms with van der Waals surface area (Å²) in [6.45, 7) is 0. The summed E-state index contributed by atoms with van der Waals surface area (Å²) in [5.74, 6) is -0.991. The number of nitrogens with one attached hydrogen (secondary N) is 3. The summed E-state index contributed by atoms with van der Waals surface area (Å²) in [6, 6.07) is 11.7. The van der Waals surface area contributed by atoms with Gasteiger partial charge in [-0.25, -0.2) is 9.97 Å². The SMILES string of the molecule is O=C(NNc1ncnc(Nc2ccc(Br)cc2)c1[N+](=O)[O-])c1ccc([N+](=O)[O-])cc1. The van der Waals surface area contributed by atoms with Crippen molar-refractivity contribution in [3.05, 3.63) is 85.1 Å². The standard InChI is InChI=1S/C17H12BrN7O5/c18-11-3-5-12(6-4-11)21-15-14(25(29)30)16(20-9-19-15)22-23-17(26)10-1-7-13(8-2-10)24(27)28/h1-9H,(H,23,26)(H2,19,20,21,22). The molecule has 0 aliphatic heterocycles. The largest absolute Gasteiger partial charge is 0.355 e. The zero-order valence-electron chi connectivity index (χ0n) is 14.9. The van der Waals surface area contributed by atoms with Crippen LogP contribution in [0.25, 0.3) is 0 Å². The van der Waals surface area contributed by atoms with Gasteiger partial charge in [0.05, 0.1) is 9.85 Å². The molecule has 1 aromatic heterocycles. The van der Waals surface area contributed by atoms with Crippen LogP contribution in [0.15, 0.2) is 59.3 Å². The molecule has 1 heterocycles. The summed E-state index contributed by atoms with van der Waals surface area (Å²) < 4.78 is 0.835. The number of halogens is 1. The first kappa shape index (κ1) is 20.6. The number of hydrogen-bond donors (Lipinski definition) is 3. The van der Waals surface area contributed by atoms with Gasteiger partial charge >= 0.3 is 5.69 Å². The van der Waals surface area contributed by atoms with Crippen LogP contribution in [-0.4, -0.2) is 25.7 Å². The van der Waals surface area contributed by atoms with Crippen molar-refractivity contribution in [3.8, 4) is 0 Å². The van der Waals surface area contributed by atoms with Crippen LogP contribution in [0.5, 0.6) is 0 Å². The molecule has 0 aliphatic rings. The van der Waals surface area contributed by atoms with Crippen LogP contribution in [0.2, 0.25) is 0 Å². The van der Waals surface area contributed by atoms with Crippen molar-refractivity contribution in [3.63, 3.8) is 0 Å². The predicted octanol–water partition coefficient (Wildman–Crippen LogP) is 3.56. The number of amides is 1. The number of nitro groups is 2. The highest BCUT2D eigenvalue weighted by atomic mass is 79.9. The molecule has 0 radical (unpaired) electrons. The van der Waals surface area contributed by atoms with E-state index >= 15 is 0 Å². The van der Waals surface area contributed by atoms with Crippen molar-refractivity contribution in [2.45, 2.75) is 0 Å². The number of anilines is 3. The molecule has 0 saturated heterocycles. The van der Waals surface area contributed by atoms with Gasteiger partial charge in [0.1, 0.15) is 6.33 Å². The summed E-state index contributed by atoms with van der Waals surface area (Å²) in [5, 5.41) is 25.1. The Morgan fingerprint density at radius 1 is 0.900 bits per heavy atom. The van der Waals surface area contributed by atoms with Crippen molar-refractivity contribution in [1.29, 1.82) is 0 Å². The second kappa shape index (κ2) is 8.91. The van der Waals surface area contributed by atoms with Gasteiger partial charge in [-0.05, 0) is 36.4 Å². The average molecular weight is 474 g/mol. The quantitative estimate of drug-likeness (QED) is 0.343. The fourth-order valence-electron chi connectivity index (χ4n) is 2.33. The molecule has 1 amide bonds. The monoisotopic (exact) mass is 473 g/mol. The van der Waals surface area contributed by atoms with Crippen molar-refractivity contribution in [2.24, 2.45) is 0 Å². The number of hydrogen-bond acceptors (Lipinski definition) is 9. The summed E-state index contributed by atoms with van der Waals surface area (Å²) >= 11 is 3.30. The molecule has 0 saturated carbocycles. The molecule has 0 aliphatic carbocycles.